The van der Waals surface area contributed by atoms with E-state index in [2.05, 4.69) is 10.3 Å². The van der Waals surface area contributed by atoms with E-state index in [1.54, 1.807) is 6.07 Å². The van der Waals surface area contributed by atoms with E-state index in [1.165, 1.54) is 29.3 Å². The van der Waals surface area contributed by atoms with Crippen molar-refractivity contribution in [3.63, 3.8) is 0 Å². The van der Waals surface area contributed by atoms with Crippen LogP contribution in [0.5, 0.6) is 0 Å². The van der Waals surface area contributed by atoms with Crippen LogP contribution in [0.4, 0.5) is 29.9 Å². The molecular formula is C18H16F2N4O4. The highest BCUT2D eigenvalue weighted by molar-refractivity contribution is 5.93. The highest BCUT2D eigenvalue weighted by atomic mass is 19.2. The van der Waals surface area contributed by atoms with Crippen molar-refractivity contribution in [2.75, 3.05) is 36.0 Å². The Kier molecular flexibility index (Phi) is 4.55. The van der Waals surface area contributed by atoms with Crippen LogP contribution in [0.25, 0.3) is 11.1 Å². The maximum atomic E-state index is 14.7. The summed E-state index contributed by atoms with van der Waals surface area (Å²) in [5.41, 5.74) is 0.0292. The molecule has 0 spiro atoms. The Morgan fingerprint density at radius 2 is 2.00 bits per heavy atom. The normalized spacial score (nSPS) is 19.2. The number of benzene rings is 1. The zero-order valence-electron chi connectivity index (χ0n) is 14.6. The molecule has 4 rings (SSSR count). The molecule has 28 heavy (non-hydrogen) atoms. The maximum absolute atomic E-state index is 14.7. The quantitative estimate of drug-likeness (QED) is 0.831. The molecule has 3 amide bonds. The van der Waals surface area contributed by atoms with Crippen LogP contribution >= 0.6 is 0 Å². The molecule has 8 nitrogen and oxygen atoms in total. The number of carbonyl (C=O) groups excluding carboxylic acids is 2. The fourth-order valence-corrected chi connectivity index (χ4v) is 3.18. The number of aliphatic hydroxyl groups is 1. The van der Waals surface area contributed by atoms with Gasteiger partial charge in [-0.25, -0.2) is 23.4 Å². The van der Waals surface area contributed by atoms with E-state index in [1.807, 2.05) is 0 Å². The molecule has 0 aliphatic carbocycles. The van der Waals surface area contributed by atoms with Crippen molar-refractivity contribution >= 4 is 23.6 Å². The van der Waals surface area contributed by atoms with Gasteiger partial charge in [-0.2, -0.15) is 0 Å². The number of urea groups is 1. The molecule has 0 radical (unpaired) electrons. The first-order chi connectivity index (χ1) is 13.5. The summed E-state index contributed by atoms with van der Waals surface area (Å²) in [6, 6.07) is 5.44. The first kappa shape index (κ1) is 18.1. The number of nitrogens with one attached hydrogen (secondary N) is 1. The van der Waals surface area contributed by atoms with Crippen LogP contribution in [0.1, 0.15) is 0 Å². The lowest BCUT2D eigenvalue weighted by Crippen LogP contribution is -2.28. The van der Waals surface area contributed by atoms with Gasteiger partial charge < -0.3 is 15.2 Å². The van der Waals surface area contributed by atoms with Gasteiger partial charge in [0.15, 0.2) is 11.6 Å². The summed E-state index contributed by atoms with van der Waals surface area (Å²) in [7, 11) is 0. The van der Waals surface area contributed by atoms with Gasteiger partial charge in [-0.1, -0.05) is 0 Å². The van der Waals surface area contributed by atoms with E-state index in [0.29, 0.717) is 24.5 Å². The summed E-state index contributed by atoms with van der Waals surface area (Å²) < 4.78 is 34.1. The summed E-state index contributed by atoms with van der Waals surface area (Å²) in [6.07, 6.45) is -0.279. The molecule has 0 saturated carbocycles. The van der Waals surface area contributed by atoms with Crippen LogP contribution in [0.15, 0.2) is 30.5 Å². The molecule has 1 aromatic heterocycles. The number of halogens is 2. The fraction of sp³-hybridized carbons (Fsp3) is 0.278. The molecule has 146 valence electrons. The topological polar surface area (TPSA) is 95.0 Å². The van der Waals surface area contributed by atoms with Gasteiger partial charge in [0.25, 0.3) is 0 Å². The summed E-state index contributed by atoms with van der Waals surface area (Å²) in [4.78, 5) is 30.0. The summed E-state index contributed by atoms with van der Waals surface area (Å²) in [5.74, 6) is -1.92. The second-order valence-corrected chi connectivity index (χ2v) is 6.35. The average Bonchev–Trinajstić information content (AvgIpc) is 3.29. The molecular weight excluding hydrogens is 374 g/mol. The van der Waals surface area contributed by atoms with E-state index in [4.69, 9.17) is 9.84 Å². The van der Waals surface area contributed by atoms with Crippen molar-refractivity contribution in [2.45, 2.75) is 6.10 Å². The molecule has 0 bridgehead atoms. The molecule has 2 saturated heterocycles. The van der Waals surface area contributed by atoms with Crippen molar-refractivity contribution < 1.29 is 28.2 Å². The smallest absolute Gasteiger partial charge is 0.414 e. The number of rotatable bonds is 4. The minimum absolute atomic E-state index is 0.0301. The van der Waals surface area contributed by atoms with E-state index in [0.717, 1.165) is 4.90 Å². The molecule has 2 N–H and O–H groups in total. The lowest BCUT2D eigenvalue weighted by Gasteiger charge is -2.16. The predicted octanol–water partition coefficient (Wildman–Crippen LogP) is 1.87. The number of anilines is 2. The third-order valence-electron chi connectivity index (χ3n) is 4.62. The maximum Gasteiger partial charge on any atom is 0.414 e. The van der Waals surface area contributed by atoms with Gasteiger partial charge in [-0.3, -0.25) is 9.80 Å². The fourth-order valence-electron chi connectivity index (χ4n) is 3.18. The van der Waals surface area contributed by atoms with Crippen molar-refractivity contribution in [1.82, 2.24) is 10.3 Å². The van der Waals surface area contributed by atoms with Gasteiger partial charge in [0.2, 0.25) is 0 Å². The molecule has 2 fully saturated rings. The van der Waals surface area contributed by atoms with E-state index in [9.17, 15) is 18.4 Å². The minimum Gasteiger partial charge on any atom is -0.441 e. The largest absolute Gasteiger partial charge is 0.441 e. The number of hydrogen-bond donors (Lipinski definition) is 2. The van der Waals surface area contributed by atoms with Crippen LogP contribution < -0.4 is 15.1 Å². The Balaban J connectivity index is 1.62. The zero-order chi connectivity index (χ0) is 19.8. The average molecular weight is 390 g/mol. The van der Waals surface area contributed by atoms with Gasteiger partial charge in [0.05, 0.1) is 18.8 Å². The molecule has 1 aromatic carbocycles. The van der Waals surface area contributed by atoms with Crippen LogP contribution in [0.3, 0.4) is 0 Å². The molecule has 2 aromatic rings. The van der Waals surface area contributed by atoms with Crippen molar-refractivity contribution in [2.24, 2.45) is 0 Å². The second kappa shape index (κ2) is 7.04. The highest BCUT2D eigenvalue weighted by Crippen LogP contribution is 2.32. The Morgan fingerprint density at radius 1 is 1.18 bits per heavy atom. The first-order valence-electron chi connectivity index (χ1n) is 8.58. The van der Waals surface area contributed by atoms with E-state index >= 15 is 0 Å². The predicted molar refractivity (Wildman–Crippen MR) is 95.0 cm³/mol. The number of cyclic esters (lactones) is 1. The van der Waals surface area contributed by atoms with Crippen molar-refractivity contribution in [1.29, 1.82) is 0 Å². The Hall–Kier alpha value is -3.27. The number of aliphatic hydroxyl groups excluding tert-OH is 1. The molecule has 3 heterocycles. The molecule has 1 atom stereocenters. The van der Waals surface area contributed by atoms with Gasteiger partial charge >= 0.3 is 12.1 Å². The minimum atomic E-state index is -1.20. The number of aromatic nitrogens is 1. The lowest BCUT2D eigenvalue weighted by molar-refractivity contribution is 0.0963. The van der Waals surface area contributed by atoms with Gasteiger partial charge in [-0.05, 0) is 24.3 Å². The summed E-state index contributed by atoms with van der Waals surface area (Å²) in [6.45, 7) is 0.514. The number of carbonyl (C=O) groups is 2. The Bertz CT molecular complexity index is 938. The number of hydrogen-bond acceptors (Lipinski definition) is 5. The highest BCUT2D eigenvalue weighted by Gasteiger charge is 2.34. The Labute approximate surface area is 158 Å². The second-order valence-electron chi connectivity index (χ2n) is 6.35. The Morgan fingerprint density at radius 3 is 2.61 bits per heavy atom. The third kappa shape index (κ3) is 3.01. The van der Waals surface area contributed by atoms with Crippen LogP contribution in [0, 0.1) is 11.6 Å². The first-order valence-corrected chi connectivity index (χ1v) is 8.58. The molecule has 2 aliphatic rings. The summed E-state index contributed by atoms with van der Waals surface area (Å²) >= 11 is 0. The third-order valence-corrected chi connectivity index (χ3v) is 4.62. The van der Waals surface area contributed by atoms with Crippen LogP contribution in [-0.4, -0.2) is 54.6 Å². The zero-order valence-corrected chi connectivity index (χ0v) is 14.6. The number of nitrogens with zero attached hydrogens (tertiary/aromatic N) is 3. The van der Waals surface area contributed by atoms with Gasteiger partial charge in [0, 0.05) is 30.4 Å². The van der Waals surface area contributed by atoms with Crippen LogP contribution in [0.2, 0.25) is 0 Å². The number of ether oxygens (including phenoxy) is 1. The molecule has 0 unspecified atom stereocenters. The molecule has 10 heteroatoms. The molecule has 2 aliphatic heterocycles. The van der Waals surface area contributed by atoms with Crippen molar-refractivity contribution in [3.05, 3.63) is 42.1 Å². The summed E-state index contributed by atoms with van der Waals surface area (Å²) in [5, 5.41) is 11.7. The van der Waals surface area contributed by atoms with E-state index < -0.39 is 30.4 Å². The monoisotopic (exact) mass is 390 g/mol. The number of amides is 3. The standard InChI is InChI=1S/C18H16F2N4O4/c19-15-12(10-1-4-14(22-7-10)23-6-5-21-17(23)26)2-3-13(16(15)20)24-8-11(9-25)28-18(24)27/h1-4,7,11,25H,5-6,8-9H2,(H,21,26)/t11-/m1/s1. The van der Waals surface area contributed by atoms with Crippen molar-refractivity contribution in [3.8, 4) is 11.1 Å². The van der Waals surface area contributed by atoms with Crippen LogP contribution in [-0.2, 0) is 4.74 Å². The number of pyridine rings is 1. The van der Waals surface area contributed by atoms with Gasteiger partial charge in [0.1, 0.15) is 11.9 Å². The van der Waals surface area contributed by atoms with E-state index in [-0.39, 0.29) is 23.8 Å². The van der Waals surface area contributed by atoms with Gasteiger partial charge in [-0.15, -0.1) is 0 Å². The lowest BCUT2D eigenvalue weighted by atomic mass is 10.1. The SMILES string of the molecule is O=C1NCCN1c1ccc(-c2ccc(N3C[C@H](CO)OC3=O)c(F)c2F)cn1.